The summed E-state index contributed by atoms with van der Waals surface area (Å²) in [5.74, 6) is 1.35. The average Bonchev–Trinajstić information content (AvgIpc) is 2.88. The lowest BCUT2D eigenvalue weighted by molar-refractivity contribution is 0.194. The van der Waals surface area contributed by atoms with Gasteiger partial charge < -0.3 is 5.32 Å². The predicted molar refractivity (Wildman–Crippen MR) is 72.9 cm³/mol. The first-order valence-corrected chi connectivity index (χ1v) is 6.57. The predicted octanol–water partition coefficient (Wildman–Crippen LogP) is 2.58. The van der Waals surface area contributed by atoms with E-state index in [1.807, 2.05) is 36.1 Å². The van der Waals surface area contributed by atoms with E-state index < -0.39 is 0 Å². The van der Waals surface area contributed by atoms with E-state index in [0.717, 1.165) is 5.69 Å². The van der Waals surface area contributed by atoms with E-state index in [-0.39, 0.29) is 0 Å². The van der Waals surface area contributed by atoms with Crippen molar-refractivity contribution in [2.45, 2.75) is 25.3 Å². The molecule has 1 heterocycles. The van der Waals surface area contributed by atoms with Crippen LogP contribution in [0.1, 0.15) is 24.8 Å². The van der Waals surface area contributed by atoms with Gasteiger partial charge >= 0.3 is 0 Å². The van der Waals surface area contributed by atoms with Crippen molar-refractivity contribution in [3.63, 3.8) is 0 Å². The number of benzene rings is 1. The summed E-state index contributed by atoms with van der Waals surface area (Å²) >= 11 is 0. The van der Waals surface area contributed by atoms with Crippen molar-refractivity contribution in [2.24, 2.45) is 5.92 Å². The second-order valence-electron chi connectivity index (χ2n) is 5.15. The second-order valence-corrected chi connectivity index (χ2v) is 5.15. The number of rotatable bonds is 3. The second kappa shape index (κ2) is 4.58. The molecule has 18 heavy (non-hydrogen) atoms. The highest BCUT2D eigenvalue weighted by atomic mass is 15.3. The van der Waals surface area contributed by atoms with Gasteiger partial charge in [0.1, 0.15) is 0 Å². The lowest BCUT2D eigenvalue weighted by atomic mass is 9.68. The SMILES string of the molecule is CNC1CC(c2cnn(-c3ccccc3)c2)C1C. The fraction of sp³-hybridized carbons (Fsp3) is 0.400. The molecule has 3 heteroatoms. The number of nitrogens with one attached hydrogen (secondary N) is 1. The third-order valence-corrected chi connectivity index (χ3v) is 4.20. The highest BCUT2D eigenvalue weighted by Crippen LogP contribution is 2.42. The summed E-state index contributed by atoms with van der Waals surface area (Å²) in [5.41, 5.74) is 2.48. The molecule has 1 aliphatic carbocycles. The Balaban J connectivity index is 1.79. The van der Waals surface area contributed by atoms with Crippen LogP contribution >= 0.6 is 0 Å². The molecule has 0 spiro atoms. The summed E-state index contributed by atoms with van der Waals surface area (Å²) < 4.78 is 1.97. The Hall–Kier alpha value is -1.61. The van der Waals surface area contributed by atoms with Gasteiger partial charge in [-0.1, -0.05) is 25.1 Å². The minimum atomic E-state index is 0.653. The Morgan fingerprint density at radius 2 is 2.06 bits per heavy atom. The fourth-order valence-corrected chi connectivity index (χ4v) is 2.86. The molecule has 1 aliphatic rings. The maximum absolute atomic E-state index is 4.47. The normalized spacial score (nSPS) is 26.9. The van der Waals surface area contributed by atoms with Gasteiger partial charge in [0.25, 0.3) is 0 Å². The fourth-order valence-electron chi connectivity index (χ4n) is 2.86. The zero-order valence-electron chi connectivity index (χ0n) is 10.9. The Kier molecular flexibility index (Phi) is 2.92. The first kappa shape index (κ1) is 11.5. The zero-order valence-corrected chi connectivity index (χ0v) is 10.9. The maximum Gasteiger partial charge on any atom is 0.0645 e. The molecular formula is C15H19N3. The quantitative estimate of drug-likeness (QED) is 0.895. The molecule has 1 N–H and O–H groups in total. The molecule has 0 saturated heterocycles. The maximum atomic E-state index is 4.47. The zero-order chi connectivity index (χ0) is 12.5. The standard InChI is InChI=1S/C15H19N3/c1-11-14(8-15(11)16-2)12-9-17-18(10-12)13-6-4-3-5-7-13/h3-7,9-11,14-16H,8H2,1-2H3. The van der Waals surface area contributed by atoms with Gasteiger partial charge in [0.05, 0.1) is 11.9 Å². The molecule has 1 saturated carbocycles. The van der Waals surface area contributed by atoms with Crippen LogP contribution in [0, 0.1) is 5.92 Å². The summed E-state index contributed by atoms with van der Waals surface area (Å²) in [6.07, 6.45) is 5.40. The van der Waals surface area contributed by atoms with Crippen molar-refractivity contribution < 1.29 is 0 Å². The number of nitrogens with zero attached hydrogens (tertiary/aromatic N) is 2. The Morgan fingerprint density at radius 1 is 1.28 bits per heavy atom. The van der Waals surface area contributed by atoms with Crippen molar-refractivity contribution in [1.29, 1.82) is 0 Å². The van der Waals surface area contributed by atoms with Crippen LogP contribution < -0.4 is 5.32 Å². The molecule has 0 aliphatic heterocycles. The van der Waals surface area contributed by atoms with Crippen LogP contribution in [0.15, 0.2) is 42.7 Å². The number of hydrogen-bond donors (Lipinski definition) is 1. The highest BCUT2D eigenvalue weighted by Gasteiger charge is 2.38. The smallest absolute Gasteiger partial charge is 0.0645 e. The summed E-state index contributed by atoms with van der Waals surface area (Å²) in [7, 11) is 2.05. The number of hydrogen-bond acceptors (Lipinski definition) is 2. The van der Waals surface area contributed by atoms with Crippen LogP contribution in [0.5, 0.6) is 0 Å². The molecule has 2 aromatic rings. The van der Waals surface area contributed by atoms with Crippen LogP contribution in [-0.2, 0) is 0 Å². The molecule has 1 aromatic carbocycles. The third kappa shape index (κ3) is 1.85. The van der Waals surface area contributed by atoms with Crippen molar-refractivity contribution in [2.75, 3.05) is 7.05 Å². The monoisotopic (exact) mass is 241 g/mol. The van der Waals surface area contributed by atoms with Crippen molar-refractivity contribution in [3.8, 4) is 5.69 Å². The Morgan fingerprint density at radius 3 is 2.72 bits per heavy atom. The molecule has 0 amide bonds. The van der Waals surface area contributed by atoms with Crippen LogP contribution in [0.3, 0.4) is 0 Å². The first-order valence-electron chi connectivity index (χ1n) is 6.57. The van der Waals surface area contributed by atoms with Crippen LogP contribution in [-0.4, -0.2) is 22.9 Å². The topological polar surface area (TPSA) is 29.9 Å². The summed E-state index contributed by atoms with van der Waals surface area (Å²) in [6, 6.07) is 10.9. The molecule has 3 atom stereocenters. The van der Waals surface area contributed by atoms with Gasteiger partial charge in [-0.2, -0.15) is 5.10 Å². The molecule has 0 bridgehead atoms. The summed E-state index contributed by atoms with van der Waals surface area (Å²) in [6.45, 7) is 2.31. The Bertz CT molecular complexity index is 518. The lowest BCUT2D eigenvalue weighted by Gasteiger charge is -2.42. The van der Waals surface area contributed by atoms with Crippen LogP contribution in [0.25, 0.3) is 5.69 Å². The van der Waals surface area contributed by atoms with E-state index >= 15 is 0 Å². The summed E-state index contributed by atoms with van der Waals surface area (Å²) in [5, 5.41) is 7.83. The molecule has 3 unspecified atom stereocenters. The molecule has 94 valence electrons. The third-order valence-electron chi connectivity index (χ3n) is 4.20. The van der Waals surface area contributed by atoms with Gasteiger partial charge in [-0.3, -0.25) is 0 Å². The van der Waals surface area contributed by atoms with E-state index in [0.29, 0.717) is 17.9 Å². The van der Waals surface area contributed by atoms with Gasteiger partial charge in [0.2, 0.25) is 0 Å². The molecule has 3 nitrogen and oxygen atoms in total. The van der Waals surface area contributed by atoms with E-state index in [9.17, 15) is 0 Å². The van der Waals surface area contributed by atoms with E-state index in [1.165, 1.54) is 12.0 Å². The highest BCUT2D eigenvalue weighted by molar-refractivity contribution is 5.32. The van der Waals surface area contributed by atoms with E-state index in [2.05, 4.69) is 35.7 Å². The van der Waals surface area contributed by atoms with Gasteiger partial charge in [0.15, 0.2) is 0 Å². The largest absolute Gasteiger partial charge is 0.317 e. The molecule has 0 radical (unpaired) electrons. The van der Waals surface area contributed by atoms with Crippen LogP contribution in [0.4, 0.5) is 0 Å². The lowest BCUT2D eigenvalue weighted by Crippen LogP contribution is -2.46. The number of para-hydroxylation sites is 1. The van der Waals surface area contributed by atoms with Crippen molar-refractivity contribution >= 4 is 0 Å². The minimum absolute atomic E-state index is 0.653. The minimum Gasteiger partial charge on any atom is -0.317 e. The summed E-state index contributed by atoms with van der Waals surface area (Å²) in [4.78, 5) is 0. The molecule has 3 rings (SSSR count). The van der Waals surface area contributed by atoms with E-state index in [1.54, 1.807) is 0 Å². The molecule has 1 fully saturated rings. The Labute approximate surface area is 108 Å². The average molecular weight is 241 g/mol. The van der Waals surface area contributed by atoms with Crippen LogP contribution in [0.2, 0.25) is 0 Å². The molecular weight excluding hydrogens is 222 g/mol. The van der Waals surface area contributed by atoms with Crippen molar-refractivity contribution in [3.05, 3.63) is 48.3 Å². The molecule has 1 aromatic heterocycles. The van der Waals surface area contributed by atoms with Crippen molar-refractivity contribution in [1.82, 2.24) is 15.1 Å². The van der Waals surface area contributed by atoms with E-state index in [4.69, 9.17) is 0 Å². The van der Waals surface area contributed by atoms with Gasteiger partial charge in [-0.25, -0.2) is 4.68 Å². The number of aromatic nitrogens is 2. The van der Waals surface area contributed by atoms with Gasteiger partial charge in [-0.15, -0.1) is 0 Å². The van der Waals surface area contributed by atoms with Gasteiger partial charge in [0, 0.05) is 12.2 Å². The van der Waals surface area contributed by atoms with Gasteiger partial charge in [-0.05, 0) is 43.0 Å². The first-order chi connectivity index (χ1) is 8.79.